The number of unbranched alkanes of at least 4 members (excludes halogenated alkanes) is 25. The molecule has 0 radical (unpaired) electrons. The third-order valence-electron chi connectivity index (χ3n) is 13.7. The zero-order valence-electron chi connectivity index (χ0n) is 51.3. The van der Waals surface area contributed by atoms with Crippen molar-refractivity contribution in [2.45, 2.75) is 297 Å². The lowest BCUT2D eigenvalue weighted by Gasteiger charge is -2.18. The Morgan fingerprint density at radius 2 is 0.506 bits per heavy atom. The van der Waals surface area contributed by atoms with Gasteiger partial charge >= 0.3 is 17.9 Å². The predicted molar refractivity (Wildman–Crippen MR) is 343 cm³/mol. The van der Waals surface area contributed by atoms with Crippen LogP contribution in [0.15, 0.2) is 134 Å². The van der Waals surface area contributed by atoms with Crippen molar-refractivity contribution in [3.8, 4) is 0 Å². The highest BCUT2D eigenvalue weighted by atomic mass is 16.6. The topological polar surface area (TPSA) is 78.9 Å². The molecule has 0 aliphatic carbocycles. The van der Waals surface area contributed by atoms with E-state index in [0.717, 1.165) is 116 Å². The van der Waals surface area contributed by atoms with E-state index in [1.807, 2.05) is 0 Å². The molecule has 0 aromatic heterocycles. The zero-order chi connectivity index (χ0) is 57.1. The average molecular weight is 1090 g/mol. The van der Waals surface area contributed by atoms with Crippen LogP contribution in [0.1, 0.15) is 290 Å². The molecule has 6 heteroatoms. The summed E-state index contributed by atoms with van der Waals surface area (Å²) in [6.07, 6.45) is 93.4. The van der Waals surface area contributed by atoms with Crippen LogP contribution in [0.25, 0.3) is 0 Å². The van der Waals surface area contributed by atoms with Crippen molar-refractivity contribution in [3.05, 3.63) is 134 Å². The Balaban J connectivity index is 4.27. The number of hydrogen-bond acceptors (Lipinski definition) is 6. The van der Waals surface area contributed by atoms with E-state index in [4.69, 9.17) is 14.2 Å². The van der Waals surface area contributed by atoms with Crippen molar-refractivity contribution < 1.29 is 28.6 Å². The molecule has 1 unspecified atom stereocenters. The Bertz CT molecular complexity index is 1680. The zero-order valence-corrected chi connectivity index (χ0v) is 51.3. The van der Waals surface area contributed by atoms with Crippen LogP contribution in [0, 0.1) is 0 Å². The van der Waals surface area contributed by atoms with Crippen LogP contribution in [0.4, 0.5) is 0 Å². The largest absolute Gasteiger partial charge is 0.462 e. The third-order valence-corrected chi connectivity index (χ3v) is 13.7. The molecule has 0 spiro atoms. The van der Waals surface area contributed by atoms with E-state index < -0.39 is 6.10 Å². The highest BCUT2D eigenvalue weighted by Crippen LogP contribution is 2.16. The van der Waals surface area contributed by atoms with Crippen molar-refractivity contribution in [3.63, 3.8) is 0 Å². The maximum absolute atomic E-state index is 12.9. The van der Waals surface area contributed by atoms with E-state index in [2.05, 4.69) is 154 Å². The Labute approximate surface area is 487 Å². The lowest BCUT2D eigenvalue weighted by Crippen LogP contribution is -2.30. The monoisotopic (exact) mass is 1090 g/mol. The average Bonchev–Trinajstić information content (AvgIpc) is 3.45. The molecule has 448 valence electrons. The van der Waals surface area contributed by atoms with Crippen LogP contribution in [0.2, 0.25) is 0 Å². The van der Waals surface area contributed by atoms with Gasteiger partial charge in [-0.1, -0.05) is 296 Å². The van der Waals surface area contributed by atoms with Gasteiger partial charge in [-0.25, -0.2) is 0 Å². The van der Waals surface area contributed by atoms with E-state index in [1.54, 1.807) is 0 Å². The van der Waals surface area contributed by atoms with Gasteiger partial charge in [0, 0.05) is 19.3 Å². The number of hydrogen-bond donors (Lipinski definition) is 0. The standard InChI is InChI=1S/C73H120O6/c1-4-7-10-13-16-19-21-23-25-27-29-31-33-34-35-36-37-38-40-41-43-45-47-49-51-54-57-60-63-66-72(75)78-69-70(68-77-71(74)65-62-59-56-53-18-15-12-9-6-3)79-73(76)67-64-61-58-55-52-50-48-46-44-42-39-32-30-28-26-24-22-20-17-14-11-8-5-2/h7-8,10-11,16-17,19-20,23-26,29-32,42,44,48,50,55,58,70H,4-6,9,12-15,18,21-22,27-28,33-41,43,45-47,49,51-54,56-57,59-69H2,1-3H3/b10-7-,11-8-,19-16-,20-17-,25-23-,26-24-,31-29-,32-30-,44-42-,50-48-,58-55-. The second-order valence-corrected chi connectivity index (χ2v) is 21.3. The number of carbonyl (C=O) groups excluding carboxylic acids is 3. The first kappa shape index (κ1) is 74.5. The van der Waals surface area contributed by atoms with E-state index >= 15 is 0 Å². The molecular weight excluding hydrogens is 973 g/mol. The quantitative estimate of drug-likeness (QED) is 0.0261. The van der Waals surface area contributed by atoms with Crippen LogP contribution in [0.3, 0.4) is 0 Å². The summed E-state index contributed by atoms with van der Waals surface area (Å²) in [6.45, 7) is 6.36. The summed E-state index contributed by atoms with van der Waals surface area (Å²) in [5.41, 5.74) is 0. The first-order valence-corrected chi connectivity index (χ1v) is 32.7. The minimum atomic E-state index is -0.810. The number of rotatable bonds is 58. The van der Waals surface area contributed by atoms with Crippen LogP contribution in [0.5, 0.6) is 0 Å². The lowest BCUT2D eigenvalue weighted by atomic mass is 10.0. The molecule has 0 aromatic carbocycles. The van der Waals surface area contributed by atoms with Gasteiger partial charge in [0.25, 0.3) is 0 Å². The molecule has 0 aliphatic rings. The summed E-state index contributed by atoms with van der Waals surface area (Å²) in [5.74, 6) is -0.960. The molecular formula is C73H120O6. The normalized spacial score (nSPS) is 13.0. The molecule has 0 aromatic rings. The van der Waals surface area contributed by atoms with Crippen LogP contribution in [-0.4, -0.2) is 37.2 Å². The summed E-state index contributed by atoms with van der Waals surface area (Å²) in [4.78, 5) is 38.2. The molecule has 0 amide bonds. The second kappa shape index (κ2) is 66.1. The van der Waals surface area contributed by atoms with Gasteiger partial charge in [-0.3, -0.25) is 14.4 Å². The van der Waals surface area contributed by atoms with Crippen molar-refractivity contribution in [1.29, 1.82) is 0 Å². The molecule has 0 bridgehead atoms. The summed E-state index contributed by atoms with van der Waals surface area (Å²) >= 11 is 0. The summed E-state index contributed by atoms with van der Waals surface area (Å²) in [7, 11) is 0. The SMILES string of the molecule is CC/C=C\C/C=C\C/C=C\C/C=C\C/C=C\C/C=C\C/C=C\CCCC(=O)OC(COC(=O)CCCCCCCCCCC)COC(=O)CCCCCCCCCCCCCCCCCC/C=C\C/C=C\C/C=C\C/C=C\CC. The first-order valence-electron chi connectivity index (χ1n) is 32.7. The minimum absolute atomic E-state index is 0.101. The van der Waals surface area contributed by atoms with Crippen molar-refractivity contribution in [1.82, 2.24) is 0 Å². The summed E-state index contributed by atoms with van der Waals surface area (Å²) in [6, 6.07) is 0. The summed E-state index contributed by atoms with van der Waals surface area (Å²) < 4.78 is 16.8. The smallest absolute Gasteiger partial charge is 0.306 e. The number of carbonyl (C=O) groups is 3. The third kappa shape index (κ3) is 64.3. The summed E-state index contributed by atoms with van der Waals surface area (Å²) in [5, 5.41) is 0. The Kier molecular flexibility index (Phi) is 62.3. The van der Waals surface area contributed by atoms with Gasteiger partial charge in [0.1, 0.15) is 13.2 Å². The molecule has 0 heterocycles. The Morgan fingerprint density at radius 1 is 0.266 bits per heavy atom. The van der Waals surface area contributed by atoms with E-state index in [0.29, 0.717) is 19.3 Å². The number of ether oxygens (including phenoxy) is 3. The Morgan fingerprint density at radius 3 is 0.810 bits per heavy atom. The van der Waals surface area contributed by atoms with Gasteiger partial charge in [0.05, 0.1) is 0 Å². The fourth-order valence-corrected chi connectivity index (χ4v) is 8.84. The van der Waals surface area contributed by atoms with Gasteiger partial charge in [-0.2, -0.15) is 0 Å². The van der Waals surface area contributed by atoms with Crippen molar-refractivity contribution in [2.75, 3.05) is 13.2 Å². The molecule has 0 fully saturated rings. The highest BCUT2D eigenvalue weighted by Gasteiger charge is 2.19. The maximum Gasteiger partial charge on any atom is 0.306 e. The number of esters is 3. The van der Waals surface area contributed by atoms with Crippen molar-refractivity contribution in [2.24, 2.45) is 0 Å². The van der Waals surface area contributed by atoms with Crippen molar-refractivity contribution >= 4 is 17.9 Å². The minimum Gasteiger partial charge on any atom is -0.462 e. The number of allylic oxidation sites excluding steroid dienone is 22. The lowest BCUT2D eigenvalue weighted by molar-refractivity contribution is -0.167. The van der Waals surface area contributed by atoms with Crippen LogP contribution < -0.4 is 0 Å². The van der Waals surface area contributed by atoms with Crippen LogP contribution >= 0.6 is 0 Å². The molecule has 79 heavy (non-hydrogen) atoms. The van der Waals surface area contributed by atoms with Gasteiger partial charge in [0.2, 0.25) is 0 Å². The van der Waals surface area contributed by atoms with Crippen LogP contribution in [-0.2, 0) is 28.6 Å². The molecule has 1 atom stereocenters. The fourth-order valence-electron chi connectivity index (χ4n) is 8.84. The predicted octanol–water partition coefficient (Wildman–Crippen LogP) is 22.5. The molecule has 0 N–H and O–H groups in total. The molecule has 0 rings (SSSR count). The molecule has 0 aliphatic heterocycles. The molecule has 6 nitrogen and oxygen atoms in total. The molecule has 0 saturated carbocycles. The van der Waals surface area contributed by atoms with Gasteiger partial charge in [-0.15, -0.1) is 0 Å². The molecule has 0 saturated heterocycles. The first-order chi connectivity index (χ1) is 39.0. The Hall–Kier alpha value is -4.45. The second-order valence-electron chi connectivity index (χ2n) is 21.3. The van der Waals surface area contributed by atoms with Gasteiger partial charge < -0.3 is 14.2 Å². The van der Waals surface area contributed by atoms with E-state index in [9.17, 15) is 14.4 Å². The fraction of sp³-hybridized carbons (Fsp3) is 0.658. The van der Waals surface area contributed by atoms with Gasteiger partial charge in [-0.05, 0) is 109 Å². The highest BCUT2D eigenvalue weighted by molar-refractivity contribution is 5.71. The van der Waals surface area contributed by atoms with E-state index in [-0.39, 0.29) is 37.5 Å². The van der Waals surface area contributed by atoms with Gasteiger partial charge in [0.15, 0.2) is 6.10 Å². The maximum atomic E-state index is 12.9. The van der Waals surface area contributed by atoms with E-state index in [1.165, 1.54) is 128 Å².